The third kappa shape index (κ3) is 4.35. The summed E-state index contributed by atoms with van der Waals surface area (Å²) in [5, 5.41) is 1.64. The first-order chi connectivity index (χ1) is 12.4. The summed E-state index contributed by atoms with van der Waals surface area (Å²) in [5.74, 6) is 0.813. The molecule has 0 aromatic heterocycles. The summed E-state index contributed by atoms with van der Waals surface area (Å²) in [4.78, 5) is 0. The molecule has 2 fully saturated rings. The minimum absolute atomic E-state index is 0.813. The molecule has 0 N–H and O–H groups in total. The molecule has 1 unspecified atom stereocenters. The first-order valence-electron chi connectivity index (χ1n) is 10.4. The van der Waals surface area contributed by atoms with Crippen molar-refractivity contribution < 1.29 is 0 Å². The van der Waals surface area contributed by atoms with E-state index in [0.29, 0.717) is 0 Å². The number of hydrogen-bond acceptors (Lipinski definition) is 0. The van der Waals surface area contributed by atoms with Crippen LogP contribution in [0.5, 0.6) is 0 Å². The molecule has 2 saturated carbocycles. The van der Waals surface area contributed by atoms with E-state index in [1.807, 2.05) is 0 Å². The van der Waals surface area contributed by atoms with Crippen LogP contribution in [0.2, 0.25) is 0 Å². The maximum absolute atomic E-state index is 2.60. The lowest BCUT2D eigenvalue weighted by Gasteiger charge is -2.26. The van der Waals surface area contributed by atoms with E-state index >= 15 is 0 Å². The Hall–Kier alpha value is -1.13. The van der Waals surface area contributed by atoms with Crippen LogP contribution >= 0.6 is 8.58 Å². The highest BCUT2D eigenvalue weighted by molar-refractivity contribution is 7.48. The number of benzene rings is 2. The van der Waals surface area contributed by atoms with Crippen molar-refractivity contribution in [2.75, 3.05) is 0 Å². The fourth-order valence-corrected chi connectivity index (χ4v) is 6.48. The molecule has 2 aliphatic carbocycles. The fraction of sp³-hybridized carbons (Fsp3) is 0.500. The molecular weight excluding hydrogens is 319 g/mol. The van der Waals surface area contributed by atoms with Gasteiger partial charge >= 0.3 is 0 Å². The molecule has 2 aromatic rings. The largest absolute Gasteiger partial charge is 0.0865 e. The van der Waals surface area contributed by atoms with Crippen molar-refractivity contribution in [1.82, 2.24) is 0 Å². The minimum atomic E-state index is 0.813. The highest BCUT2D eigenvalue weighted by Crippen LogP contribution is 2.38. The second-order valence-corrected chi connectivity index (χ2v) is 9.63. The van der Waals surface area contributed by atoms with Crippen molar-refractivity contribution in [2.45, 2.75) is 75.8 Å². The van der Waals surface area contributed by atoms with E-state index in [9.17, 15) is 0 Å². The Morgan fingerprint density at radius 2 is 1.36 bits per heavy atom. The predicted octanol–water partition coefficient (Wildman–Crippen LogP) is 7.04. The van der Waals surface area contributed by atoms with Crippen LogP contribution in [-0.4, -0.2) is 5.66 Å². The monoisotopic (exact) mass is 350 g/mol. The average molecular weight is 350 g/mol. The Morgan fingerprint density at radius 3 is 2.08 bits per heavy atom. The van der Waals surface area contributed by atoms with E-state index in [1.165, 1.54) is 75.3 Å². The summed E-state index contributed by atoms with van der Waals surface area (Å²) in [5.41, 5.74) is 5.44. The standard InChI is InChI=1S/C24H31P/c1-4-10-19(11-5-1)21-16-17-23(20-12-6-2-7-13-20)24(18-21)25-22-14-8-3-9-15-22/h2,6-7,12-13,16-19,22,25H,1,3-5,8-11,14-15H2. The van der Waals surface area contributed by atoms with Gasteiger partial charge in [-0.25, -0.2) is 0 Å². The van der Waals surface area contributed by atoms with Gasteiger partial charge < -0.3 is 0 Å². The van der Waals surface area contributed by atoms with Gasteiger partial charge in [-0.15, -0.1) is 0 Å². The lowest BCUT2D eigenvalue weighted by atomic mass is 9.83. The third-order valence-corrected chi connectivity index (χ3v) is 7.88. The smallest absolute Gasteiger partial charge is 0.0109 e. The van der Waals surface area contributed by atoms with Crippen LogP contribution in [0.25, 0.3) is 11.1 Å². The van der Waals surface area contributed by atoms with Gasteiger partial charge in [0.05, 0.1) is 0 Å². The molecule has 1 heteroatoms. The maximum atomic E-state index is 2.60. The first kappa shape index (κ1) is 17.3. The molecule has 0 spiro atoms. The van der Waals surface area contributed by atoms with Crippen molar-refractivity contribution >= 4 is 13.9 Å². The Bertz CT molecular complexity index is 664. The van der Waals surface area contributed by atoms with Crippen LogP contribution in [0.15, 0.2) is 48.5 Å². The molecule has 2 aliphatic rings. The molecule has 0 radical (unpaired) electrons. The molecule has 25 heavy (non-hydrogen) atoms. The van der Waals surface area contributed by atoms with Crippen LogP contribution in [0.4, 0.5) is 0 Å². The maximum Gasteiger partial charge on any atom is -0.0109 e. The summed E-state index contributed by atoms with van der Waals surface area (Å²) in [7, 11) is 0.989. The van der Waals surface area contributed by atoms with E-state index < -0.39 is 0 Å². The molecule has 2 aromatic carbocycles. The summed E-state index contributed by atoms with van der Waals surface area (Å²) < 4.78 is 0. The van der Waals surface area contributed by atoms with Crippen LogP contribution < -0.4 is 5.30 Å². The zero-order valence-electron chi connectivity index (χ0n) is 15.3. The van der Waals surface area contributed by atoms with Crippen molar-refractivity contribution in [3.8, 4) is 11.1 Å². The highest BCUT2D eigenvalue weighted by Gasteiger charge is 2.20. The zero-order valence-corrected chi connectivity index (χ0v) is 16.3. The van der Waals surface area contributed by atoms with E-state index in [1.54, 1.807) is 10.9 Å². The Morgan fingerprint density at radius 1 is 0.680 bits per heavy atom. The van der Waals surface area contributed by atoms with Gasteiger partial charge in [0.25, 0.3) is 0 Å². The van der Waals surface area contributed by atoms with Crippen LogP contribution in [0.3, 0.4) is 0 Å². The van der Waals surface area contributed by atoms with Gasteiger partial charge in [-0.1, -0.05) is 95.6 Å². The van der Waals surface area contributed by atoms with Gasteiger partial charge in [0.1, 0.15) is 0 Å². The summed E-state index contributed by atoms with van der Waals surface area (Å²) in [6.45, 7) is 0. The molecule has 0 amide bonds. The van der Waals surface area contributed by atoms with Gasteiger partial charge in [0.15, 0.2) is 0 Å². The molecule has 132 valence electrons. The molecule has 1 atom stereocenters. The minimum Gasteiger partial charge on any atom is -0.0865 e. The van der Waals surface area contributed by atoms with E-state index in [0.717, 1.165) is 20.2 Å². The molecule has 0 saturated heterocycles. The topological polar surface area (TPSA) is 0 Å². The molecular formula is C24H31P. The first-order valence-corrected chi connectivity index (χ1v) is 11.4. The molecule has 0 heterocycles. The third-order valence-electron chi connectivity index (χ3n) is 6.17. The van der Waals surface area contributed by atoms with Gasteiger partial charge in [-0.3, -0.25) is 0 Å². The second-order valence-electron chi connectivity index (χ2n) is 7.99. The second kappa shape index (κ2) is 8.50. The van der Waals surface area contributed by atoms with E-state index in [4.69, 9.17) is 0 Å². The molecule has 0 aliphatic heterocycles. The number of rotatable bonds is 4. The van der Waals surface area contributed by atoms with Gasteiger partial charge in [-0.2, -0.15) is 0 Å². The van der Waals surface area contributed by atoms with Gasteiger partial charge in [-0.05, 0) is 59.3 Å². The SMILES string of the molecule is c1ccc(-c2ccc(C3CCCCC3)cc2PC2CCCCC2)cc1. The van der Waals surface area contributed by atoms with Crippen LogP contribution in [0.1, 0.15) is 75.7 Å². The highest BCUT2D eigenvalue weighted by atomic mass is 31.1. The summed E-state index contributed by atoms with van der Waals surface area (Å²) >= 11 is 0. The Balaban J connectivity index is 1.65. The van der Waals surface area contributed by atoms with E-state index in [2.05, 4.69) is 48.5 Å². The van der Waals surface area contributed by atoms with Crippen LogP contribution in [0, 0.1) is 0 Å². The summed E-state index contributed by atoms with van der Waals surface area (Å²) in [6.07, 6.45) is 14.3. The van der Waals surface area contributed by atoms with Gasteiger partial charge in [0.2, 0.25) is 0 Å². The normalized spacial score (nSPS) is 20.3. The van der Waals surface area contributed by atoms with Crippen molar-refractivity contribution in [1.29, 1.82) is 0 Å². The summed E-state index contributed by atoms with van der Waals surface area (Å²) in [6, 6.07) is 18.5. The zero-order chi connectivity index (χ0) is 16.9. The Labute approximate surface area is 155 Å². The van der Waals surface area contributed by atoms with Gasteiger partial charge in [0, 0.05) is 0 Å². The average Bonchev–Trinajstić information content (AvgIpc) is 2.70. The van der Waals surface area contributed by atoms with Crippen molar-refractivity contribution in [3.05, 3.63) is 54.1 Å². The lowest BCUT2D eigenvalue weighted by Crippen LogP contribution is -2.14. The van der Waals surface area contributed by atoms with Crippen LogP contribution in [-0.2, 0) is 0 Å². The van der Waals surface area contributed by atoms with Crippen molar-refractivity contribution in [2.24, 2.45) is 0 Å². The quantitative estimate of drug-likeness (QED) is 0.519. The molecule has 4 rings (SSSR count). The molecule has 0 nitrogen and oxygen atoms in total. The fourth-order valence-electron chi connectivity index (χ4n) is 4.71. The molecule has 0 bridgehead atoms. The predicted molar refractivity (Wildman–Crippen MR) is 113 cm³/mol. The number of hydrogen-bond donors (Lipinski definition) is 0. The lowest BCUT2D eigenvalue weighted by molar-refractivity contribution is 0.444. The van der Waals surface area contributed by atoms with E-state index in [-0.39, 0.29) is 0 Å². The Kier molecular flexibility index (Phi) is 5.88. The van der Waals surface area contributed by atoms with Crippen molar-refractivity contribution in [3.63, 3.8) is 0 Å².